The summed E-state index contributed by atoms with van der Waals surface area (Å²) in [7, 11) is 0. The average Bonchev–Trinajstić information content (AvgIpc) is 2.97. The van der Waals surface area contributed by atoms with E-state index in [0.29, 0.717) is 12.2 Å². The van der Waals surface area contributed by atoms with Gasteiger partial charge in [0.15, 0.2) is 0 Å². The summed E-state index contributed by atoms with van der Waals surface area (Å²) in [4.78, 5) is 42.7. The quantitative estimate of drug-likeness (QED) is 0.574. The molecule has 2 aromatic rings. The highest BCUT2D eigenvalue weighted by molar-refractivity contribution is 5.95. The van der Waals surface area contributed by atoms with Gasteiger partial charge in [0.1, 0.15) is 6.42 Å². The molecule has 0 aliphatic carbocycles. The molecule has 1 amide bonds. The summed E-state index contributed by atoms with van der Waals surface area (Å²) in [5.41, 5.74) is 2.35. The molecule has 1 aliphatic rings. The number of carbonyl (C=O) groups excluding carboxylic acids is 3. The van der Waals surface area contributed by atoms with E-state index in [2.05, 4.69) is 4.98 Å². The summed E-state index contributed by atoms with van der Waals surface area (Å²) in [6.45, 7) is 4.20. The lowest BCUT2D eigenvalue weighted by molar-refractivity contribution is -0.150. The topological polar surface area (TPSA) is 85.8 Å². The predicted octanol–water partition coefficient (Wildman–Crippen LogP) is 2.52. The van der Waals surface area contributed by atoms with Gasteiger partial charge < -0.3 is 14.4 Å². The Morgan fingerprint density at radius 2 is 1.81 bits per heavy atom. The van der Waals surface area contributed by atoms with Crippen molar-refractivity contribution in [3.05, 3.63) is 41.6 Å². The molecular formula is C20H22N2O5. The number of fused-ring (bicyclic) bond motifs is 2. The Hall–Kier alpha value is -2.96. The second kappa shape index (κ2) is 8.16. The van der Waals surface area contributed by atoms with E-state index in [1.807, 2.05) is 30.3 Å². The Kier molecular flexibility index (Phi) is 5.69. The molecule has 7 heteroatoms. The molecule has 1 aromatic heterocycles. The van der Waals surface area contributed by atoms with Crippen LogP contribution in [-0.4, -0.2) is 40.9 Å². The molecule has 0 spiro atoms. The minimum atomic E-state index is -0.577. The lowest BCUT2D eigenvalue weighted by Gasteiger charge is -2.23. The van der Waals surface area contributed by atoms with Crippen LogP contribution in [0, 0.1) is 0 Å². The maximum absolute atomic E-state index is 12.7. The maximum Gasteiger partial charge on any atom is 0.315 e. The molecule has 0 fully saturated rings. The van der Waals surface area contributed by atoms with Crippen LogP contribution in [0.5, 0.6) is 0 Å². The van der Waals surface area contributed by atoms with Crippen molar-refractivity contribution in [2.24, 2.45) is 0 Å². The zero-order chi connectivity index (χ0) is 19.4. The number of hydrogen-bond donors (Lipinski definition) is 0. The van der Waals surface area contributed by atoms with E-state index in [-0.39, 0.29) is 32.0 Å². The number of carbonyl (C=O) groups is 3. The first-order valence-electron chi connectivity index (χ1n) is 9.02. The fraction of sp³-hybridized carbons (Fsp3) is 0.400. The maximum atomic E-state index is 12.7. The molecular weight excluding hydrogens is 348 g/mol. The molecule has 0 radical (unpaired) electrons. The van der Waals surface area contributed by atoms with Crippen LogP contribution < -0.4 is 0 Å². The lowest BCUT2D eigenvalue weighted by atomic mass is 10.1. The summed E-state index contributed by atoms with van der Waals surface area (Å²) in [6.07, 6.45) is -0.360. The number of amides is 1. The van der Waals surface area contributed by atoms with Gasteiger partial charge in [-0.15, -0.1) is 0 Å². The monoisotopic (exact) mass is 370 g/mol. The van der Waals surface area contributed by atoms with Crippen LogP contribution in [0.15, 0.2) is 30.3 Å². The Morgan fingerprint density at radius 3 is 2.56 bits per heavy atom. The van der Waals surface area contributed by atoms with E-state index in [9.17, 15) is 14.4 Å². The SMILES string of the molecule is CCOC(=O)CC(=O)N1Cc2cc3ccccc3nc2C1CC(=O)OCC. The molecule has 7 nitrogen and oxygen atoms in total. The first-order valence-corrected chi connectivity index (χ1v) is 9.02. The summed E-state index contributed by atoms with van der Waals surface area (Å²) in [6, 6.07) is 9.08. The van der Waals surface area contributed by atoms with Gasteiger partial charge in [-0.25, -0.2) is 0 Å². The molecule has 1 atom stereocenters. The Morgan fingerprint density at radius 1 is 1.11 bits per heavy atom. The molecule has 1 unspecified atom stereocenters. The van der Waals surface area contributed by atoms with E-state index in [4.69, 9.17) is 9.47 Å². The number of esters is 2. The van der Waals surface area contributed by atoms with Gasteiger partial charge in [0, 0.05) is 11.9 Å². The number of para-hydroxylation sites is 1. The van der Waals surface area contributed by atoms with Crippen molar-refractivity contribution in [3.8, 4) is 0 Å². The van der Waals surface area contributed by atoms with Crippen molar-refractivity contribution in [2.45, 2.75) is 39.3 Å². The average molecular weight is 370 g/mol. The fourth-order valence-corrected chi connectivity index (χ4v) is 3.31. The van der Waals surface area contributed by atoms with Crippen LogP contribution in [0.2, 0.25) is 0 Å². The predicted molar refractivity (Wildman–Crippen MR) is 97.5 cm³/mol. The zero-order valence-corrected chi connectivity index (χ0v) is 15.4. The van der Waals surface area contributed by atoms with Crippen LogP contribution in [0.3, 0.4) is 0 Å². The van der Waals surface area contributed by atoms with Crippen LogP contribution in [0.1, 0.15) is 44.0 Å². The third-order valence-electron chi connectivity index (χ3n) is 4.46. The molecule has 0 N–H and O–H groups in total. The lowest BCUT2D eigenvalue weighted by Crippen LogP contribution is -2.33. The third-order valence-corrected chi connectivity index (χ3v) is 4.46. The van der Waals surface area contributed by atoms with Crippen molar-refractivity contribution >= 4 is 28.7 Å². The van der Waals surface area contributed by atoms with Gasteiger partial charge in [-0.3, -0.25) is 19.4 Å². The summed E-state index contributed by atoms with van der Waals surface area (Å²) < 4.78 is 9.93. The standard InChI is InChI=1S/C20H22N2O5/c1-3-26-18(24)10-16-20-14(9-13-7-5-6-8-15(13)21-20)12-22(16)17(23)11-19(25)27-4-2/h5-9,16H,3-4,10-12H2,1-2H3. The van der Waals surface area contributed by atoms with Crippen LogP contribution in [0.25, 0.3) is 10.9 Å². The second-order valence-electron chi connectivity index (χ2n) is 6.25. The Bertz CT molecular complexity index is 880. The van der Waals surface area contributed by atoms with Gasteiger partial charge in [-0.2, -0.15) is 0 Å². The zero-order valence-electron chi connectivity index (χ0n) is 15.4. The summed E-state index contributed by atoms with van der Waals surface area (Å²) in [5.74, 6) is -1.37. The first kappa shape index (κ1) is 18.8. The third kappa shape index (κ3) is 4.07. The molecule has 2 heterocycles. The molecule has 0 saturated heterocycles. The van der Waals surface area contributed by atoms with E-state index in [1.54, 1.807) is 13.8 Å². The highest BCUT2D eigenvalue weighted by Gasteiger charge is 2.37. The number of ether oxygens (including phenoxy) is 2. The molecule has 3 rings (SSSR count). The minimum absolute atomic E-state index is 0.000740. The number of hydrogen-bond acceptors (Lipinski definition) is 6. The number of benzene rings is 1. The Labute approximate surface area is 157 Å². The number of aromatic nitrogens is 1. The van der Waals surface area contributed by atoms with Crippen molar-refractivity contribution < 1.29 is 23.9 Å². The van der Waals surface area contributed by atoms with Crippen molar-refractivity contribution in [2.75, 3.05) is 13.2 Å². The second-order valence-corrected chi connectivity index (χ2v) is 6.25. The van der Waals surface area contributed by atoms with Gasteiger partial charge in [0.05, 0.1) is 36.9 Å². The molecule has 0 bridgehead atoms. The van der Waals surface area contributed by atoms with Gasteiger partial charge in [-0.05, 0) is 31.5 Å². The van der Waals surface area contributed by atoms with Gasteiger partial charge >= 0.3 is 11.9 Å². The first-order chi connectivity index (χ1) is 13.0. The van der Waals surface area contributed by atoms with Gasteiger partial charge in [0.2, 0.25) is 5.91 Å². The molecule has 1 aromatic carbocycles. The number of nitrogens with zero attached hydrogens (tertiary/aromatic N) is 2. The summed E-state index contributed by atoms with van der Waals surface area (Å²) >= 11 is 0. The fourth-order valence-electron chi connectivity index (χ4n) is 3.31. The summed E-state index contributed by atoms with van der Waals surface area (Å²) in [5, 5.41) is 0.964. The molecule has 27 heavy (non-hydrogen) atoms. The minimum Gasteiger partial charge on any atom is -0.466 e. The van der Waals surface area contributed by atoms with Gasteiger partial charge in [-0.1, -0.05) is 18.2 Å². The van der Waals surface area contributed by atoms with Gasteiger partial charge in [0.25, 0.3) is 0 Å². The Balaban J connectivity index is 1.92. The van der Waals surface area contributed by atoms with Crippen molar-refractivity contribution in [1.29, 1.82) is 0 Å². The van der Waals surface area contributed by atoms with Crippen molar-refractivity contribution in [3.63, 3.8) is 0 Å². The van der Waals surface area contributed by atoms with E-state index < -0.39 is 18.0 Å². The number of pyridine rings is 1. The van der Waals surface area contributed by atoms with Crippen LogP contribution >= 0.6 is 0 Å². The largest absolute Gasteiger partial charge is 0.466 e. The highest BCUT2D eigenvalue weighted by Crippen LogP contribution is 2.37. The van der Waals surface area contributed by atoms with E-state index in [1.165, 1.54) is 4.90 Å². The molecule has 0 saturated carbocycles. The highest BCUT2D eigenvalue weighted by atomic mass is 16.5. The number of rotatable bonds is 6. The van der Waals surface area contributed by atoms with Crippen molar-refractivity contribution in [1.82, 2.24) is 9.88 Å². The normalized spacial score (nSPS) is 15.5. The van der Waals surface area contributed by atoms with Crippen LogP contribution in [0.4, 0.5) is 0 Å². The van der Waals surface area contributed by atoms with E-state index in [0.717, 1.165) is 16.5 Å². The smallest absolute Gasteiger partial charge is 0.315 e. The molecule has 142 valence electrons. The molecule has 1 aliphatic heterocycles. The van der Waals surface area contributed by atoms with Crippen LogP contribution in [-0.2, 0) is 30.4 Å². The van der Waals surface area contributed by atoms with E-state index >= 15 is 0 Å².